The van der Waals surface area contributed by atoms with Gasteiger partial charge < -0.3 is 15.9 Å². The molecule has 0 radical (unpaired) electrons. The predicted octanol–water partition coefficient (Wildman–Crippen LogP) is 10.1. The Morgan fingerprint density at radius 2 is 1.35 bits per heavy atom. The number of hydrogen-bond acceptors (Lipinski definition) is 6. The van der Waals surface area contributed by atoms with Crippen LogP contribution in [-0.4, -0.2) is 46.4 Å². The summed E-state index contributed by atoms with van der Waals surface area (Å²) in [4.78, 5) is 27.8. The Morgan fingerprint density at radius 1 is 0.746 bits per heavy atom. The normalized spacial score (nSPS) is 19.0. The Labute approximate surface area is 388 Å². The van der Waals surface area contributed by atoms with Gasteiger partial charge in [0, 0.05) is 38.6 Å². The summed E-state index contributed by atoms with van der Waals surface area (Å²) in [5, 5.41) is 19.6. The predicted molar refractivity (Wildman–Crippen MR) is 260 cm³/mol. The number of piperidine rings is 1. The first kappa shape index (κ1) is 46.4. The van der Waals surface area contributed by atoms with Crippen LogP contribution in [0.1, 0.15) is 98.4 Å². The zero-order chi connectivity index (χ0) is 44.8. The molecule has 3 atom stereocenters. The van der Waals surface area contributed by atoms with Crippen molar-refractivity contribution in [1.82, 2.24) is 23.6 Å². The largest absolute Gasteiger partial charge is 0.508 e. The summed E-state index contributed by atoms with van der Waals surface area (Å²) in [6.07, 6.45) is 13.4. The lowest BCUT2D eigenvalue weighted by Crippen LogP contribution is -2.60. The first-order valence-corrected chi connectivity index (χ1v) is 24.1. The highest BCUT2D eigenvalue weighted by molar-refractivity contribution is 9.10. The summed E-state index contributed by atoms with van der Waals surface area (Å²) < 4.78 is 8.32. The van der Waals surface area contributed by atoms with Gasteiger partial charge in [0.15, 0.2) is 0 Å². The minimum absolute atomic E-state index is 0.00723. The van der Waals surface area contributed by atoms with E-state index in [1.165, 1.54) is 73.6 Å². The molecule has 4 aromatic carbocycles. The number of phenols is 2. The SMILES string of the molecule is CCCCCCc1cc(O)ccc1C.Cn1c(CN)c(Br)c(=O)n1-c1ccccc1.Cn1c(CN2CC[C@@]34CCCCC3[C@@H]2Cc2ccc(O)cc24)c(Br)c(=O)n1-c1ccccc1. The van der Waals surface area contributed by atoms with Gasteiger partial charge in [-0.25, -0.2) is 9.36 Å². The Hall–Kier alpha value is -4.62. The Morgan fingerprint density at radius 3 is 1.97 bits per heavy atom. The molecule has 3 aliphatic rings. The molecule has 10 nitrogen and oxygen atoms in total. The molecular formula is C51H62Br2N6O4. The molecule has 9 rings (SSSR count). The number of halogens is 2. The van der Waals surface area contributed by atoms with Crippen LogP contribution in [0.4, 0.5) is 0 Å². The number of nitrogens with zero attached hydrogens (tertiary/aromatic N) is 5. The van der Waals surface area contributed by atoms with Crippen molar-refractivity contribution in [2.75, 3.05) is 6.54 Å². The van der Waals surface area contributed by atoms with Gasteiger partial charge in [-0.1, -0.05) is 87.6 Å². The van der Waals surface area contributed by atoms with Gasteiger partial charge in [-0.15, -0.1) is 0 Å². The van der Waals surface area contributed by atoms with Crippen LogP contribution in [0.3, 0.4) is 0 Å². The van der Waals surface area contributed by atoms with Gasteiger partial charge in [-0.05, 0) is 161 Å². The second-order valence-corrected chi connectivity index (χ2v) is 19.0. The van der Waals surface area contributed by atoms with Crippen molar-refractivity contribution in [1.29, 1.82) is 0 Å². The molecule has 2 fully saturated rings. The zero-order valence-electron chi connectivity index (χ0n) is 37.1. The molecule has 1 unspecified atom stereocenters. The molecule has 12 heteroatoms. The zero-order valence-corrected chi connectivity index (χ0v) is 40.2. The first-order chi connectivity index (χ1) is 30.4. The number of unbranched alkanes of at least 4 members (excludes halogenated alkanes) is 3. The third kappa shape index (κ3) is 9.60. The molecule has 2 bridgehead atoms. The second kappa shape index (κ2) is 20.5. The summed E-state index contributed by atoms with van der Waals surface area (Å²) in [6.45, 7) is 6.44. The molecule has 2 aromatic heterocycles. The minimum atomic E-state index is -0.0887. The number of para-hydroxylation sites is 2. The maximum atomic E-state index is 13.1. The van der Waals surface area contributed by atoms with Crippen molar-refractivity contribution in [3.05, 3.63) is 160 Å². The summed E-state index contributed by atoms with van der Waals surface area (Å²) in [5.41, 5.74) is 14.6. The highest BCUT2D eigenvalue weighted by atomic mass is 79.9. The van der Waals surface area contributed by atoms with Gasteiger partial charge in [0.1, 0.15) is 20.4 Å². The van der Waals surface area contributed by atoms with Crippen LogP contribution in [0.15, 0.2) is 116 Å². The van der Waals surface area contributed by atoms with Gasteiger partial charge >= 0.3 is 0 Å². The lowest BCUT2D eigenvalue weighted by Gasteiger charge is -2.59. The number of aromatic hydroxyl groups is 2. The van der Waals surface area contributed by atoms with Crippen LogP contribution < -0.4 is 16.9 Å². The summed E-state index contributed by atoms with van der Waals surface area (Å²) >= 11 is 6.91. The van der Waals surface area contributed by atoms with E-state index in [0.717, 1.165) is 55.1 Å². The number of phenolic OH excluding ortho intramolecular Hbond substituents is 2. The average molecular weight is 983 g/mol. The number of hydrogen-bond donors (Lipinski definition) is 3. The van der Waals surface area contributed by atoms with E-state index in [0.29, 0.717) is 38.9 Å². The van der Waals surface area contributed by atoms with Crippen LogP contribution in [0.2, 0.25) is 0 Å². The van der Waals surface area contributed by atoms with Gasteiger partial charge in [-0.3, -0.25) is 23.9 Å². The molecule has 1 saturated carbocycles. The number of likely N-dealkylation sites (tertiary alicyclic amines) is 1. The fourth-order valence-electron chi connectivity index (χ4n) is 10.5. The van der Waals surface area contributed by atoms with Crippen molar-refractivity contribution in [3.63, 3.8) is 0 Å². The van der Waals surface area contributed by atoms with Crippen molar-refractivity contribution in [2.24, 2.45) is 25.7 Å². The first-order valence-electron chi connectivity index (χ1n) is 22.5. The molecule has 1 aliphatic heterocycles. The van der Waals surface area contributed by atoms with E-state index in [4.69, 9.17) is 5.73 Å². The fourth-order valence-corrected chi connectivity index (χ4v) is 11.6. The summed E-state index contributed by atoms with van der Waals surface area (Å²) in [7, 11) is 3.81. The van der Waals surface area contributed by atoms with E-state index in [1.807, 2.05) is 97.6 Å². The third-order valence-corrected chi connectivity index (χ3v) is 15.4. The molecule has 3 heterocycles. The molecule has 0 amide bonds. The maximum Gasteiger partial charge on any atom is 0.286 e. The monoisotopic (exact) mass is 980 g/mol. The molecule has 1 saturated heterocycles. The van der Waals surface area contributed by atoms with Crippen molar-refractivity contribution >= 4 is 31.9 Å². The van der Waals surface area contributed by atoms with Crippen molar-refractivity contribution in [2.45, 2.75) is 109 Å². The smallest absolute Gasteiger partial charge is 0.286 e. The molecule has 63 heavy (non-hydrogen) atoms. The van der Waals surface area contributed by atoms with E-state index in [-0.39, 0.29) is 16.5 Å². The minimum Gasteiger partial charge on any atom is -0.508 e. The molecule has 0 spiro atoms. The molecule has 2 aliphatic carbocycles. The van der Waals surface area contributed by atoms with Gasteiger partial charge in [0.2, 0.25) is 0 Å². The van der Waals surface area contributed by atoms with Crippen molar-refractivity contribution < 1.29 is 10.2 Å². The van der Waals surface area contributed by atoms with Gasteiger partial charge in [-0.2, -0.15) is 0 Å². The van der Waals surface area contributed by atoms with E-state index in [9.17, 15) is 19.8 Å². The standard InChI is InChI=1S/C27H30BrN3O2.C13H20O.C11H12BrN3O/c1-29-24(25(28)26(33)31(29)19-7-3-2-4-8-19)17-30-14-13-27-12-6-5-9-21(27)23(30)15-18-10-11-20(32)16-22(18)27;1-3-4-5-6-7-12-10-13(14)9-8-11(12)2;1-14-9(7-13)10(12)11(16)15(14)8-5-3-2-4-6-8/h2-4,7-8,10-11,16,21,23,32H,5-6,9,12-15,17H2,1H3;8-10,14H,3-7H2,1-2H3;2-6H,7,13H2,1H3/t21?,23-,27-;;/m0../s1. The van der Waals surface area contributed by atoms with Crippen LogP contribution >= 0.6 is 31.9 Å². The Bertz CT molecular complexity index is 2620. The quantitative estimate of drug-likeness (QED) is 0.118. The fraction of sp³-hybridized carbons (Fsp3) is 0.412. The third-order valence-electron chi connectivity index (χ3n) is 13.8. The number of fused-ring (bicyclic) bond motifs is 1. The number of benzene rings is 4. The van der Waals surface area contributed by atoms with Crippen molar-refractivity contribution in [3.8, 4) is 22.9 Å². The number of nitrogens with two attached hydrogens (primary N) is 1. The highest BCUT2D eigenvalue weighted by Gasteiger charge is 2.54. The molecular weight excluding hydrogens is 920 g/mol. The average Bonchev–Trinajstić information content (AvgIpc) is 3.65. The van der Waals surface area contributed by atoms with E-state index in [2.05, 4.69) is 62.7 Å². The molecule has 334 valence electrons. The topological polar surface area (TPSA) is 124 Å². The lowest BCUT2D eigenvalue weighted by atomic mass is 9.52. The van der Waals surface area contributed by atoms with Gasteiger partial charge in [0.05, 0.1) is 22.8 Å². The van der Waals surface area contributed by atoms with Crippen LogP contribution in [0, 0.1) is 12.8 Å². The summed E-state index contributed by atoms with van der Waals surface area (Å²) in [5.74, 6) is 1.40. The lowest BCUT2D eigenvalue weighted by molar-refractivity contribution is -0.0169. The number of aryl methyl sites for hydroxylation is 2. The van der Waals surface area contributed by atoms with Crippen LogP contribution in [-0.2, 0) is 45.4 Å². The van der Waals surface area contributed by atoms with Gasteiger partial charge in [0.25, 0.3) is 11.1 Å². The van der Waals surface area contributed by atoms with Crippen LogP contribution in [0.5, 0.6) is 11.5 Å². The maximum absolute atomic E-state index is 13.1. The highest BCUT2D eigenvalue weighted by Crippen LogP contribution is 2.56. The van der Waals surface area contributed by atoms with E-state index < -0.39 is 0 Å². The Balaban J connectivity index is 0.000000165. The molecule has 6 aromatic rings. The van der Waals surface area contributed by atoms with E-state index in [1.54, 1.807) is 20.1 Å². The Kier molecular flexibility index (Phi) is 15.1. The summed E-state index contributed by atoms with van der Waals surface area (Å²) in [6, 6.07) is 31.5. The number of aromatic nitrogens is 4. The number of rotatable bonds is 10. The molecule has 4 N–H and O–H groups in total. The second-order valence-electron chi connectivity index (χ2n) is 17.4. The van der Waals surface area contributed by atoms with Crippen LogP contribution in [0.25, 0.3) is 11.4 Å². The van der Waals surface area contributed by atoms with E-state index >= 15 is 0 Å².